The fourth-order valence-electron chi connectivity index (χ4n) is 6.93. The first-order valence-corrected chi connectivity index (χ1v) is 15.8. The molecular weight excluding hydrogens is 571 g/mol. The average Bonchev–Trinajstić information content (AvgIpc) is 3.77. The van der Waals surface area contributed by atoms with Crippen molar-refractivity contribution in [3.8, 4) is 28.3 Å². The van der Waals surface area contributed by atoms with E-state index in [1.54, 1.807) is 11.3 Å². The van der Waals surface area contributed by atoms with Crippen LogP contribution in [0.4, 0.5) is 0 Å². The number of para-hydroxylation sites is 4. The van der Waals surface area contributed by atoms with Crippen LogP contribution in [0.25, 0.3) is 92.4 Å². The Kier molecular flexibility index (Phi) is 5.12. The quantitative estimate of drug-likeness (QED) is 0.205. The molecule has 6 aromatic carbocycles. The second-order valence-corrected chi connectivity index (χ2v) is 12.4. The zero-order chi connectivity index (χ0) is 29.5. The number of benzene rings is 6. The monoisotopic (exact) mass is 593 g/mol. The molecule has 0 unspecified atom stereocenters. The summed E-state index contributed by atoms with van der Waals surface area (Å²) >= 11 is 1.71. The molecule has 210 valence electrons. The van der Waals surface area contributed by atoms with Crippen LogP contribution in [0.1, 0.15) is 0 Å². The molecular formula is C40H23N3OS. The summed E-state index contributed by atoms with van der Waals surface area (Å²) in [5, 5.41) is 6.73. The molecule has 4 heterocycles. The summed E-state index contributed by atoms with van der Waals surface area (Å²) in [4.78, 5) is 11.7. The van der Waals surface area contributed by atoms with Gasteiger partial charge in [-0.05, 0) is 42.5 Å². The van der Waals surface area contributed by atoms with Crippen LogP contribution in [-0.2, 0) is 0 Å². The highest BCUT2D eigenvalue weighted by Crippen LogP contribution is 2.44. The number of fused-ring (bicyclic) bond motifs is 9. The smallest absolute Gasteiger partial charge is 0.162 e. The predicted octanol–water partition coefficient (Wildman–Crippen LogP) is 11.2. The second kappa shape index (κ2) is 9.36. The second-order valence-electron chi connectivity index (χ2n) is 11.3. The van der Waals surface area contributed by atoms with Crippen LogP contribution in [0.3, 0.4) is 0 Å². The molecule has 0 N–H and O–H groups in total. The normalized spacial score (nSPS) is 12.0. The van der Waals surface area contributed by atoms with E-state index >= 15 is 0 Å². The molecule has 0 fully saturated rings. The van der Waals surface area contributed by atoms with Crippen LogP contribution < -0.4 is 0 Å². The fraction of sp³-hybridized carbons (Fsp3) is 0. The Hall–Kier alpha value is -5.78. The van der Waals surface area contributed by atoms with Gasteiger partial charge in [-0.1, -0.05) is 97.1 Å². The SMILES string of the molecule is c1ccc(-n2c3ccccc3c3c(-c4nc(-c5cccc6c5oc5ccccc56)c5c(n4)sc4ccccc45)cccc32)cc1. The largest absolute Gasteiger partial charge is 0.455 e. The molecule has 0 amide bonds. The molecule has 0 atom stereocenters. The molecule has 4 nitrogen and oxygen atoms in total. The Balaban J connectivity index is 1.33. The molecule has 4 aromatic heterocycles. The van der Waals surface area contributed by atoms with Crippen molar-refractivity contribution in [2.24, 2.45) is 0 Å². The molecule has 0 bridgehead atoms. The van der Waals surface area contributed by atoms with Gasteiger partial charge in [-0.2, -0.15) is 0 Å². The van der Waals surface area contributed by atoms with Gasteiger partial charge in [0.05, 0.1) is 16.7 Å². The first kappa shape index (κ1) is 24.6. The van der Waals surface area contributed by atoms with E-state index in [2.05, 4.69) is 132 Å². The standard InChI is InChI=1S/C40H23N3OS/c1-2-12-24(13-3-1)43-31-20-7-4-15-27(31)35-29(18-11-21-32(35)43)39-41-37(36-28-16-6-9-23-34(28)45-40(36)42-39)30-19-10-17-26-25-14-5-8-22-33(25)44-38(26)30/h1-23H. The highest BCUT2D eigenvalue weighted by molar-refractivity contribution is 7.25. The van der Waals surface area contributed by atoms with Crippen LogP contribution in [0.5, 0.6) is 0 Å². The van der Waals surface area contributed by atoms with E-state index in [-0.39, 0.29) is 0 Å². The number of aromatic nitrogens is 3. The zero-order valence-electron chi connectivity index (χ0n) is 23.9. The summed E-state index contributed by atoms with van der Waals surface area (Å²) < 4.78 is 10.1. The van der Waals surface area contributed by atoms with E-state index in [9.17, 15) is 0 Å². The summed E-state index contributed by atoms with van der Waals surface area (Å²) in [5.41, 5.74) is 8.00. The molecule has 10 rings (SSSR count). The maximum atomic E-state index is 6.54. The molecule has 0 aliphatic heterocycles. The van der Waals surface area contributed by atoms with E-state index in [1.807, 2.05) is 12.1 Å². The predicted molar refractivity (Wildman–Crippen MR) is 187 cm³/mol. The first-order valence-electron chi connectivity index (χ1n) is 15.0. The lowest BCUT2D eigenvalue weighted by Crippen LogP contribution is -1.95. The van der Waals surface area contributed by atoms with Crippen LogP contribution in [-0.4, -0.2) is 14.5 Å². The van der Waals surface area contributed by atoms with Gasteiger partial charge in [-0.3, -0.25) is 0 Å². The highest BCUT2D eigenvalue weighted by Gasteiger charge is 2.23. The number of furan rings is 1. The lowest BCUT2D eigenvalue weighted by molar-refractivity contribution is 0.670. The van der Waals surface area contributed by atoms with Crippen LogP contribution >= 0.6 is 11.3 Å². The van der Waals surface area contributed by atoms with Gasteiger partial charge in [0.2, 0.25) is 0 Å². The molecule has 45 heavy (non-hydrogen) atoms. The van der Waals surface area contributed by atoms with Gasteiger partial charge in [-0.25, -0.2) is 9.97 Å². The first-order chi connectivity index (χ1) is 22.3. The summed E-state index contributed by atoms with van der Waals surface area (Å²) in [7, 11) is 0. The minimum Gasteiger partial charge on any atom is -0.455 e. The van der Waals surface area contributed by atoms with Gasteiger partial charge in [0, 0.05) is 53.8 Å². The van der Waals surface area contributed by atoms with Gasteiger partial charge < -0.3 is 8.98 Å². The third kappa shape index (κ3) is 3.53. The maximum Gasteiger partial charge on any atom is 0.162 e. The van der Waals surface area contributed by atoms with E-state index in [0.717, 1.165) is 76.5 Å². The van der Waals surface area contributed by atoms with E-state index in [0.29, 0.717) is 5.82 Å². The summed E-state index contributed by atoms with van der Waals surface area (Å²) in [5.74, 6) is 0.707. The van der Waals surface area contributed by atoms with Crippen molar-refractivity contribution in [2.75, 3.05) is 0 Å². The Morgan fingerprint density at radius 1 is 0.511 bits per heavy atom. The fourth-order valence-corrected chi connectivity index (χ4v) is 8.01. The third-order valence-electron chi connectivity index (χ3n) is 8.85. The Morgan fingerprint density at radius 2 is 1.20 bits per heavy atom. The maximum absolute atomic E-state index is 6.54. The molecule has 5 heteroatoms. The molecule has 0 spiro atoms. The molecule has 0 saturated heterocycles. The van der Waals surface area contributed by atoms with E-state index < -0.39 is 0 Å². The average molecular weight is 594 g/mol. The minimum atomic E-state index is 0.707. The Morgan fingerprint density at radius 3 is 2.11 bits per heavy atom. The molecule has 10 aromatic rings. The van der Waals surface area contributed by atoms with Crippen molar-refractivity contribution in [2.45, 2.75) is 0 Å². The highest BCUT2D eigenvalue weighted by atomic mass is 32.1. The number of hydrogen-bond acceptors (Lipinski definition) is 4. The molecule has 0 radical (unpaired) electrons. The molecule has 0 saturated carbocycles. The summed E-state index contributed by atoms with van der Waals surface area (Å²) in [6.07, 6.45) is 0. The van der Waals surface area contributed by atoms with Crippen molar-refractivity contribution in [3.05, 3.63) is 140 Å². The van der Waals surface area contributed by atoms with Crippen molar-refractivity contribution in [3.63, 3.8) is 0 Å². The van der Waals surface area contributed by atoms with Crippen molar-refractivity contribution < 1.29 is 4.42 Å². The van der Waals surface area contributed by atoms with Crippen LogP contribution in [0, 0.1) is 0 Å². The van der Waals surface area contributed by atoms with E-state index in [4.69, 9.17) is 14.4 Å². The lowest BCUT2D eigenvalue weighted by atomic mass is 10.0. The van der Waals surface area contributed by atoms with Gasteiger partial charge >= 0.3 is 0 Å². The van der Waals surface area contributed by atoms with Crippen molar-refractivity contribution in [1.82, 2.24) is 14.5 Å². The lowest BCUT2D eigenvalue weighted by Gasteiger charge is -2.10. The van der Waals surface area contributed by atoms with Gasteiger partial charge in [-0.15, -0.1) is 11.3 Å². The van der Waals surface area contributed by atoms with E-state index in [1.165, 1.54) is 10.1 Å². The van der Waals surface area contributed by atoms with Gasteiger partial charge in [0.1, 0.15) is 16.0 Å². The van der Waals surface area contributed by atoms with Gasteiger partial charge in [0.25, 0.3) is 0 Å². The number of thiophene rings is 1. The van der Waals surface area contributed by atoms with Crippen LogP contribution in [0.15, 0.2) is 144 Å². The Labute approximate surface area is 261 Å². The molecule has 0 aliphatic rings. The summed E-state index contributed by atoms with van der Waals surface area (Å²) in [6, 6.07) is 48.7. The van der Waals surface area contributed by atoms with Crippen molar-refractivity contribution >= 4 is 75.4 Å². The van der Waals surface area contributed by atoms with Gasteiger partial charge in [0.15, 0.2) is 5.82 Å². The summed E-state index contributed by atoms with van der Waals surface area (Å²) in [6.45, 7) is 0. The van der Waals surface area contributed by atoms with Crippen molar-refractivity contribution in [1.29, 1.82) is 0 Å². The topological polar surface area (TPSA) is 43.9 Å². The Bertz CT molecular complexity index is 2770. The zero-order valence-corrected chi connectivity index (χ0v) is 24.8. The number of nitrogens with zero attached hydrogens (tertiary/aromatic N) is 3. The number of hydrogen-bond donors (Lipinski definition) is 0. The molecule has 0 aliphatic carbocycles. The third-order valence-corrected chi connectivity index (χ3v) is 9.92. The minimum absolute atomic E-state index is 0.707. The number of rotatable bonds is 3. The van der Waals surface area contributed by atoms with Crippen LogP contribution in [0.2, 0.25) is 0 Å².